The normalized spacial score (nSPS) is 12.2. The molecule has 1 nitrogen and oxygen atoms in total. The molecule has 0 heterocycles. The van der Waals surface area contributed by atoms with Gasteiger partial charge >= 0.3 is 0 Å². The Morgan fingerprint density at radius 3 is 1.56 bits per heavy atom. The number of hydrogen-bond donors (Lipinski definition) is 0. The van der Waals surface area contributed by atoms with E-state index in [9.17, 15) is 0 Å². The van der Waals surface area contributed by atoms with Crippen molar-refractivity contribution in [3.8, 4) is 0 Å². The van der Waals surface area contributed by atoms with Crippen LogP contribution in [0.1, 0.15) is 36.0 Å². The number of nitrogens with zero attached hydrogens (tertiary/aromatic N) is 1. The Kier molecular flexibility index (Phi) is 6.42. The number of hydrogen-bond acceptors (Lipinski definition) is 1. The first-order valence-corrected chi connectivity index (χ1v) is 9.16. The molecule has 0 aliphatic carbocycles. The van der Waals surface area contributed by atoms with E-state index in [0.717, 1.165) is 19.6 Å². The molecule has 0 spiro atoms. The molecule has 0 aliphatic heterocycles. The molecule has 1 heteroatoms. The highest BCUT2D eigenvalue weighted by atomic mass is 15.1. The van der Waals surface area contributed by atoms with E-state index >= 15 is 0 Å². The molecule has 0 amide bonds. The van der Waals surface area contributed by atoms with Crippen LogP contribution in [0.4, 0.5) is 0 Å². The van der Waals surface area contributed by atoms with E-state index in [1.165, 1.54) is 23.1 Å². The van der Waals surface area contributed by atoms with Crippen molar-refractivity contribution in [1.29, 1.82) is 0 Å². The van der Waals surface area contributed by atoms with Gasteiger partial charge in [0.25, 0.3) is 0 Å². The first-order chi connectivity index (χ1) is 12.3. The van der Waals surface area contributed by atoms with E-state index in [-0.39, 0.29) is 0 Å². The molecule has 0 saturated heterocycles. The molecule has 0 aromatic heterocycles. The predicted molar refractivity (Wildman–Crippen MR) is 106 cm³/mol. The van der Waals surface area contributed by atoms with Gasteiger partial charge in [-0.05, 0) is 35.6 Å². The van der Waals surface area contributed by atoms with Gasteiger partial charge in [-0.1, -0.05) is 97.9 Å². The standard InChI is InChI=1S/C24H27N/c1-21(24-15-9-4-10-16-24)17-18-25(19-22-11-5-2-6-12-22)20-23-13-7-3-8-14-23/h2-16,21H,17-20H2,1H3/t21-/m1/s1. The SMILES string of the molecule is C[C@H](CCN(Cc1ccccc1)Cc1ccccc1)c1ccccc1. The van der Waals surface area contributed by atoms with Crippen molar-refractivity contribution in [2.24, 2.45) is 0 Å². The molecule has 0 aliphatic rings. The molecule has 0 N–H and O–H groups in total. The average molecular weight is 329 g/mol. The van der Waals surface area contributed by atoms with Gasteiger partial charge in [0, 0.05) is 13.1 Å². The molecule has 0 saturated carbocycles. The van der Waals surface area contributed by atoms with Crippen molar-refractivity contribution < 1.29 is 0 Å². The van der Waals surface area contributed by atoms with Crippen molar-refractivity contribution >= 4 is 0 Å². The highest BCUT2D eigenvalue weighted by molar-refractivity contribution is 5.19. The molecule has 1 atom stereocenters. The minimum absolute atomic E-state index is 0.579. The summed E-state index contributed by atoms with van der Waals surface area (Å²) in [7, 11) is 0. The molecule has 3 aromatic carbocycles. The van der Waals surface area contributed by atoms with Crippen LogP contribution in [0.25, 0.3) is 0 Å². The lowest BCUT2D eigenvalue weighted by atomic mass is 9.97. The minimum Gasteiger partial charge on any atom is -0.295 e. The van der Waals surface area contributed by atoms with Crippen molar-refractivity contribution in [1.82, 2.24) is 4.90 Å². The first kappa shape index (κ1) is 17.4. The smallest absolute Gasteiger partial charge is 0.0237 e. The lowest BCUT2D eigenvalue weighted by Gasteiger charge is -2.24. The maximum atomic E-state index is 2.56. The van der Waals surface area contributed by atoms with Gasteiger partial charge in [0.05, 0.1) is 0 Å². The molecule has 3 aromatic rings. The molecule has 0 fully saturated rings. The van der Waals surface area contributed by atoms with Crippen LogP contribution in [0.5, 0.6) is 0 Å². The Hall–Kier alpha value is -2.38. The van der Waals surface area contributed by atoms with Crippen molar-refractivity contribution in [2.75, 3.05) is 6.54 Å². The summed E-state index contributed by atoms with van der Waals surface area (Å²) in [5.74, 6) is 0.579. The summed E-state index contributed by atoms with van der Waals surface area (Å²) in [6.07, 6.45) is 1.17. The summed E-state index contributed by atoms with van der Waals surface area (Å²) in [5.41, 5.74) is 4.19. The van der Waals surface area contributed by atoms with E-state index in [0.29, 0.717) is 5.92 Å². The Bertz CT molecular complexity index is 680. The monoisotopic (exact) mass is 329 g/mol. The fourth-order valence-electron chi connectivity index (χ4n) is 3.22. The third-order valence-electron chi connectivity index (χ3n) is 4.74. The Labute approximate surface area is 151 Å². The zero-order valence-electron chi connectivity index (χ0n) is 15.0. The maximum absolute atomic E-state index is 2.56. The van der Waals surface area contributed by atoms with Gasteiger partial charge in [0.1, 0.15) is 0 Å². The quantitative estimate of drug-likeness (QED) is 0.498. The summed E-state index contributed by atoms with van der Waals surface area (Å²) >= 11 is 0. The van der Waals surface area contributed by atoms with Crippen LogP contribution in [-0.2, 0) is 13.1 Å². The topological polar surface area (TPSA) is 3.24 Å². The fraction of sp³-hybridized carbons (Fsp3) is 0.250. The maximum Gasteiger partial charge on any atom is 0.0237 e. The molecular formula is C24H27N. The zero-order chi connectivity index (χ0) is 17.3. The largest absolute Gasteiger partial charge is 0.295 e. The van der Waals surface area contributed by atoms with E-state index in [1.54, 1.807) is 0 Å². The summed E-state index contributed by atoms with van der Waals surface area (Å²) < 4.78 is 0. The molecular weight excluding hydrogens is 302 g/mol. The van der Waals surface area contributed by atoms with E-state index in [1.807, 2.05) is 0 Å². The van der Waals surface area contributed by atoms with Gasteiger partial charge in [-0.2, -0.15) is 0 Å². The average Bonchev–Trinajstić information content (AvgIpc) is 2.68. The summed E-state index contributed by atoms with van der Waals surface area (Å²) in [4.78, 5) is 2.56. The van der Waals surface area contributed by atoms with Crippen LogP contribution in [0.2, 0.25) is 0 Å². The molecule has 0 unspecified atom stereocenters. The lowest BCUT2D eigenvalue weighted by Crippen LogP contribution is -2.25. The van der Waals surface area contributed by atoms with Gasteiger partial charge in [-0.15, -0.1) is 0 Å². The van der Waals surface area contributed by atoms with Gasteiger partial charge < -0.3 is 0 Å². The first-order valence-electron chi connectivity index (χ1n) is 9.16. The number of rotatable bonds is 8. The molecule has 3 rings (SSSR count). The van der Waals surface area contributed by atoms with Crippen LogP contribution >= 0.6 is 0 Å². The van der Waals surface area contributed by atoms with E-state index in [4.69, 9.17) is 0 Å². The van der Waals surface area contributed by atoms with Crippen LogP contribution in [0, 0.1) is 0 Å². The van der Waals surface area contributed by atoms with Crippen molar-refractivity contribution in [3.63, 3.8) is 0 Å². The second-order valence-electron chi connectivity index (χ2n) is 6.78. The van der Waals surface area contributed by atoms with Crippen molar-refractivity contribution in [2.45, 2.75) is 32.4 Å². The van der Waals surface area contributed by atoms with Gasteiger partial charge in [-0.25, -0.2) is 0 Å². The third-order valence-corrected chi connectivity index (χ3v) is 4.74. The predicted octanol–water partition coefficient (Wildman–Crippen LogP) is 5.88. The van der Waals surface area contributed by atoms with Gasteiger partial charge in [0.15, 0.2) is 0 Å². The Balaban J connectivity index is 1.65. The van der Waals surface area contributed by atoms with Crippen LogP contribution in [-0.4, -0.2) is 11.4 Å². The summed E-state index contributed by atoms with van der Waals surface area (Å²) in [6.45, 7) is 5.42. The molecule has 128 valence electrons. The van der Waals surface area contributed by atoms with Crippen LogP contribution in [0.15, 0.2) is 91.0 Å². The van der Waals surface area contributed by atoms with Crippen LogP contribution < -0.4 is 0 Å². The zero-order valence-corrected chi connectivity index (χ0v) is 15.0. The van der Waals surface area contributed by atoms with Gasteiger partial charge in [0.2, 0.25) is 0 Å². The highest BCUT2D eigenvalue weighted by Gasteiger charge is 2.11. The third kappa shape index (κ3) is 5.58. The molecule has 25 heavy (non-hydrogen) atoms. The number of benzene rings is 3. The van der Waals surface area contributed by atoms with Crippen LogP contribution in [0.3, 0.4) is 0 Å². The summed E-state index contributed by atoms with van der Waals surface area (Å²) in [5, 5.41) is 0. The van der Waals surface area contributed by atoms with Gasteiger partial charge in [-0.3, -0.25) is 4.90 Å². The Morgan fingerprint density at radius 2 is 1.08 bits per heavy atom. The highest BCUT2D eigenvalue weighted by Crippen LogP contribution is 2.20. The fourth-order valence-corrected chi connectivity index (χ4v) is 3.22. The molecule has 0 bridgehead atoms. The summed E-state index contributed by atoms with van der Waals surface area (Å²) in [6, 6.07) is 32.4. The van der Waals surface area contributed by atoms with E-state index < -0.39 is 0 Å². The second-order valence-corrected chi connectivity index (χ2v) is 6.78. The second kappa shape index (κ2) is 9.19. The van der Waals surface area contributed by atoms with Crippen molar-refractivity contribution in [3.05, 3.63) is 108 Å². The molecule has 0 radical (unpaired) electrons. The lowest BCUT2D eigenvalue weighted by molar-refractivity contribution is 0.247. The minimum atomic E-state index is 0.579. The Morgan fingerprint density at radius 1 is 0.640 bits per heavy atom. The van der Waals surface area contributed by atoms with E-state index in [2.05, 4.69) is 103 Å².